The van der Waals surface area contributed by atoms with Crippen molar-refractivity contribution in [3.8, 4) is 0 Å². The lowest BCUT2D eigenvalue weighted by Gasteiger charge is -2.14. The molecule has 0 nitrogen and oxygen atoms in total. The van der Waals surface area contributed by atoms with E-state index >= 15 is 0 Å². The zero-order valence-corrected chi connectivity index (χ0v) is 10.2. The lowest BCUT2D eigenvalue weighted by Crippen LogP contribution is -2.13. The largest absolute Gasteiger partial charge is 0.417 e. The lowest BCUT2D eigenvalue weighted by molar-refractivity contribution is -0.0892. The van der Waals surface area contributed by atoms with Crippen LogP contribution in [-0.4, -0.2) is 6.18 Å². The molecule has 1 rings (SSSR count). The molecule has 0 radical (unpaired) electrons. The second-order valence-electron chi connectivity index (χ2n) is 4.28. The molecule has 17 heavy (non-hydrogen) atoms. The average Bonchev–Trinajstić information content (AvgIpc) is 2.15. The third-order valence-electron chi connectivity index (χ3n) is 2.52. The number of allylic oxidation sites excluding steroid dienone is 6. The fourth-order valence-electron chi connectivity index (χ4n) is 1.65. The maximum absolute atomic E-state index is 12.7. The molecule has 3 heteroatoms. The minimum Gasteiger partial charge on any atom is -0.166 e. The third-order valence-corrected chi connectivity index (χ3v) is 2.52. The summed E-state index contributed by atoms with van der Waals surface area (Å²) in [4.78, 5) is 0. The summed E-state index contributed by atoms with van der Waals surface area (Å²) in [6, 6.07) is 0. The van der Waals surface area contributed by atoms with Crippen LogP contribution in [0.1, 0.15) is 20.8 Å². The molecule has 0 saturated heterocycles. The van der Waals surface area contributed by atoms with E-state index in [4.69, 9.17) is 0 Å². The molecule has 92 valence electrons. The van der Waals surface area contributed by atoms with Crippen molar-refractivity contribution in [3.05, 3.63) is 52.8 Å². The van der Waals surface area contributed by atoms with Crippen LogP contribution in [0.25, 0.3) is 0 Å². The van der Waals surface area contributed by atoms with Gasteiger partial charge in [-0.15, -0.1) is 5.73 Å². The molecule has 0 aliphatic heterocycles. The van der Waals surface area contributed by atoms with E-state index in [2.05, 4.69) is 12.3 Å². The molecule has 0 bridgehead atoms. The van der Waals surface area contributed by atoms with E-state index in [0.717, 1.165) is 6.08 Å². The Morgan fingerprint density at radius 1 is 1.29 bits per heavy atom. The Morgan fingerprint density at radius 2 is 1.88 bits per heavy atom. The monoisotopic (exact) mass is 240 g/mol. The number of halogens is 3. The van der Waals surface area contributed by atoms with Crippen LogP contribution >= 0.6 is 0 Å². The van der Waals surface area contributed by atoms with Crippen LogP contribution in [0.3, 0.4) is 0 Å². The molecule has 0 atom stereocenters. The zero-order valence-electron chi connectivity index (χ0n) is 10.2. The standard InChI is InChI=1S/C14H15F3/c1-9(2)12-8-11(4)13(14(15,16)17)7-5-6-10(12)3/h5-7,9H,3H2,1-2,4H3/b6-5-,13-7+. The van der Waals surface area contributed by atoms with Crippen LogP contribution in [0.4, 0.5) is 13.2 Å². The highest BCUT2D eigenvalue weighted by atomic mass is 19.4. The molecule has 0 aromatic rings. The van der Waals surface area contributed by atoms with Gasteiger partial charge >= 0.3 is 6.18 Å². The Hall–Kier alpha value is -1.47. The minimum atomic E-state index is -4.35. The van der Waals surface area contributed by atoms with Crippen LogP contribution in [0.2, 0.25) is 0 Å². The Morgan fingerprint density at radius 3 is 2.35 bits per heavy atom. The van der Waals surface area contributed by atoms with Gasteiger partial charge in [-0.3, -0.25) is 0 Å². The summed E-state index contributed by atoms with van der Waals surface area (Å²) in [6.45, 7) is 9.07. The minimum absolute atomic E-state index is 0.0923. The Balaban J connectivity index is 3.43. The molecule has 0 amide bonds. The van der Waals surface area contributed by atoms with Gasteiger partial charge in [0, 0.05) is 11.1 Å². The fourth-order valence-corrected chi connectivity index (χ4v) is 1.65. The van der Waals surface area contributed by atoms with Gasteiger partial charge < -0.3 is 0 Å². The van der Waals surface area contributed by atoms with E-state index < -0.39 is 11.7 Å². The highest BCUT2D eigenvalue weighted by molar-refractivity contribution is 5.47. The van der Waals surface area contributed by atoms with E-state index in [1.807, 2.05) is 13.8 Å². The first kappa shape index (κ1) is 13.6. The highest BCUT2D eigenvalue weighted by Gasteiger charge is 2.34. The van der Waals surface area contributed by atoms with Gasteiger partial charge in [-0.2, -0.15) is 13.2 Å². The number of alkyl halides is 3. The summed E-state index contributed by atoms with van der Waals surface area (Å²) in [5, 5.41) is 0. The average molecular weight is 240 g/mol. The van der Waals surface area contributed by atoms with Crippen molar-refractivity contribution in [2.24, 2.45) is 5.92 Å². The second-order valence-corrected chi connectivity index (χ2v) is 4.28. The molecule has 0 N–H and O–H groups in total. The number of hydrogen-bond acceptors (Lipinski definition) is 0. The third kappa shape index (κ3) is 3.24. The number of rotatable bonds is 1. The molecule has 0 fully saturated rings. The lowest BCUT2D eigenvalue weighted by atomic mass is 9.93. The maximum Gasteiger partial charge on any atom is 0.417 e. The molecule has 1 aliphatic rings. The molecule has 0 spiro atoms. The zero-order chi connectivity index (χ0) is 13.2. The van der Waals surface area contributed by atoms with Crippen molar-refractivity contribution in [2.75, 3.05) is 0 Å². The molecule has 0 aromatic heterocycles. The molecule has 0 saturated carbocycles. The van der Waals surface area contributed by atoms with Gasteiger partial charge in [0.05, 0.1) is 5.57 Å². The van der Waals surface area contributed by atoms with Crippen LogP contribution < -0.4 is 0 Å². The topological polar surface area (TPSA) is 0 Å². The summed E-state index contributed by atoms with van der Waals surface area (Å²) in [6.07, 6.45) is -0.314. The van der Waals surface area contributed by atoms with Crippen LogP contribution in [0.15, 0.2) is 52.8 Å². The van der Waals surface area contributed by atoms with E-state index in [0.29, 0.717) is 11.1 Å². The van der Waals surface area contributed by atoms with Gasteiger partial charge in [-0.1, -0.05) is 32.6 Å². The first-order chi connectivity index (χ1) is 7.73. The normalized spacial score (nSPS) is 22.3. The predicted octanol–water partition coefficient (Wildman–Crippen LogP) is 4.73. The summed E-state index contributed by atoms with van der Waals surface area (Å²) < 4.78 is 38.2. The van der Waals surface area contributed by atoms with Crippen LogP contribution in [-0.2, 0) is 0 Å². The van der Waals surface area contributed by atoms with E-state index in [1.54, 1.807) is 6.08 Å². The van der Waals surface area contributed by atoms with Crippen molar-refractivity contribution < 1.29 is 13.2 Å². The van der Waals surface area contributed by atoms with E-state index in [9.17, 15) is 13.2 Å². The predicted molar refractivity (Wildman–Crippen MR) is 63.5 cm³/mol. The SMILES string of the molecule is C=C1/C=C\C=C(\C(F)(F)F)C(C)=C=C1C(C)C. The molecule has 0 unspecified atom stereocenters. The molecule has 0 aromatic carbocycles. The first-order valence-corrected chi connectivity index (χ1v) is 5.36. The van der Waals surface area contributed by atoms with Crippen molar-refractivity contribution in [2.45, 2.75) is 26.9 Å². The van der Waals surface area contributed by atoms with Gasteiger partial charge in [0.2, 0.25) is 0 Å². The van der Waals surface area contributed by atoms with Crippen molar-refractivity contribution >= 4 is 0 Å². The van der Waals surface area contributed by atoms with E-state index in [-0.39, 0.29) is 11.5 Å². The summed E-state index contributed by atoms with van der Waals surface area (Å²) >= 11 is 0. The van der Waals surface area contributed by atoms with Gasteiger partial charge in [-0.05, 0) is 24.5 Å². The van der Waals surface area contributed by atoms with Crippen LogP contribution in [0, 0.1) is 5.92 Å². The summed E-state index contributed by atoms with van der Waals surface area (Å²) in [5.74, 6) is 0.0923. The molecule has 0 heterocycles. The molecule has 1 aliphatic carbocycles. The number of hydrogen-bond donors (Lipinski definition) is 0. The first-order valence-electron chi connectivity index (χ1n) is 5.36. The summed E-state index contributed by atoms with van der Waals surface area (Å²) in [7, 11) is 0. The van der Waals surface area contributed by atoms with Gasteiger partial charge in [0.1, 0.15) is 0 Å². The van der Waals surface area contributed by atoms with Gasteiger partial charge in [-0.25, -0.2) is 0 Å². The van der Waals surface area contributed by atoms with Gasteiger partial charge in [0.15, 0.2) is 0 Å². The van der Waals surface area contributed by atoms with Crippen molar-refractivity contribution in [1.29, 1.82) is 0 Å². The van der Waals surface area contributed by atoms with E-state index in [1.165, 1.54) is 13.0 Å². The Kier molecular flexibility index (Phi) is 3.84. The molecular weight excluding hydrogens is 225 g/mol. The smallest absolute Gasteiger partial charge is 0.166 e. The Labute approximate surface area is 99.5 Å². The van der Waals surface area contributed by atoms with Crippen LogP contribution in [0.5, 0.6) is 0 Å². The molecular formula is C14H15F3. The quantitative estimate of drug-likeness (QED) is 0.581. The second kappa shape index (κ2) is 4.80. The van der Waals surface area contributed by atoms with Gasteiger partial charge in [0.25, 0.3) is 0 Å². The van der Waals surface area contributed by atoms with Crippen molar-refractivity contribution in [1.82, 2.24) is 0 Å². The fraction of sp³-hybridized carbons (Fsp3) is 0.357. The summed E-state index contributed by atoms with van der Waals surface area (Å²) in [5.41, 5.74) is 3.69. The maximum atomic E-state index is 12.7. The Bertz CT molecular complexity index is 450. The highest BCUT2D eigenvalue weighted by Crippen LogP contribution is 2.32. The van der Waals surface area contributed by atoms with Crippen molar-refractivity contribution in [3.63, 3.8) is 0 Å².